The molecule has 3 aromatic rings. The molecule has 0 aliphatic carbocycles. The number of halogens is 3. The maximum Gasteiger partial charge on any atom is 0.449 e. The van der Waals surface area contributed by atoms with Gasteiger partial charge in [0.15, 0.2) is 11.5 Å². The quantitative estimate of drug-likeness (QED) is 0.595. The Bertz CT molecular complexity index is 1360. The van der Waals surface area contributed by atoms with Crippen molar-refractivity contribution in [2.45, 2.75) is 18.1 Å². The number of nitrogens with two attached hydrogens (primary N) is 1. The SMILES string of the molecule is N/C=C1\NCC2(C(=O)N(Cc3ccc(C(F)(F)F)o3)c3ccccc32)c2cc3c(cc21)OCO3. The molecule has 6 rings (SSSR count). The Labute approximate surface area is 191 Å². The van der Waals surface area contributed by atoms with Crippen LogP contribution in [-0.4, -0.2) is 19.2 Å². The standard InChI is InChI=1S/C24H18F3N3O4/c25-24(26,27)21-6-5-13(34-21)10-30-18-4-2-1-3-15(18)23(22(30)31)11-29-17(9-28)14-7-19-20(8-16(14)23)33-12-32-19/h1-9,29H,10-12,28H2/b17-9-. The van der Waals surface area contributed by atoms with Gasteiger partial charge in [-0.3, -0.25) is 4.79 Å². The van der Waals surface area contributed by atoms with E-state index in [4.69, 9.17) is 19.6 Å². The number of rotatable bonds is 2. The molecule has 0 bridgehead atoms. The van der Waals surface area contributed by atoms with Crippen LogP contribution >= 0.6 is 0 Å². The summed E-state index contributed by atoms with van der Waals surface area (Å²) in [7, 11) is 0. The lowest BCUT2D eigenvalue weighted by Crippen LogP contribution is -2.50. The van der Waals surface area contributed by atoms with Crippen molar-refractivity contribution in [3.8, 4) is 11.5 Å². The second-order valence-electron chi connectivity index (χ2n) is 8.26. The summed E-state index contributed by atoms with van der Waals surface area (Å²) in [5.41, 5.74) is 8.06. The Morgan fingerprint density at radius 1 is 1.09 bits per heavy atom. The van der Waals surface area contributed by atoms with Crippen molar-refractivity contribution in [3.05, 3.63) is 82.9 Å². The van der Waals surface area contributed by atoms with E-state index in [9.17, 15) is 18.0 Å². The van der Waals surface area contributed by atoms with Crippen molar-refractivity contribution in [2.75, 3.05) is 18.2 Å². The molecule has 1 spiro atoms. The molecule has 0 fully saturated rings. The first kappa shape index (κ1) is 20.5. The van der Waals surface area contributed by atoms with Crippen molar-refractivity contribution in [1.29, 1.82) is 0 Å². The largest absolute Gasteiger partial charge is 0.455 e. The smallest absolute Gasteiger partial charge is 0.449 e. The van der Waals surface area contributed by atoms with E-state index in [-0.39, 0.29) is 31.5 Å². The van der Waals surface area contributed by atoms with Gasteiger partial charge >= 0.3 is 6.18 Å². The number of nitrogens with zero attached hydrogens (tertiary/aromatic N) is 1. The summed E-state index contributed by atoms with van der Waals surface area (Å²) < 4.78 is 55.2. The Morgan fingerprint density at radius 2 is 1.85 bits per heavy atom. The van der Waals surface area contributed by atoms with Gasteiger partial charge in [0.1, 0.15) is 11.2 Å². The van der Waals surface area contributed by atoms with E-state index in [0.29, 0.717) is 34.0 Å². The van der Waals surface area contributed by atoms with Crippen LogP contribution in [0.2, 0.25) is 0 Å². The number of hydrogen-bond donors (Lipinski definition) is 2. The van der Waals surface area contributed by atoms with Crippen molar-refractivity contribution in [2.24, 2.45) is 5.73 Å². The van der Waals surface area contributed by atoms with Gasteiger partial charge < -0.3 is 29.8 Å². The van der Waals surface area contributed by atoms with Gasteiger partial charge in [0, 0.05) is 24.0 Å². The normalized spacial score (nSPS) is 21.7. The number of benzene rings is 2. The molecule has 174 valence electrons. The molecule has 3 N–H and O–H groups in total. The van der Waals surface area contributed by atoms with Crippen LogP contribution in [0.25, 0.3) is 5.70 Å². The fourth-order valence-corrected chi connectivity index (χ4v) is 4.97. The number of amides is 1. The summed E-state index contributed by atoms with van der Waals surface area (Å²) in [5.74, 6) is -0.303. The highest BCUT2D eigenvalue weighted by atomic mass is 19.4. The van der Waals surface area contributed by atoms with Gasteiger partial charge in [0.05, 0.1) is 12.2 Å². The molecule has 3 aliphatic heterocycles. The van der Waals surface area contributed by atoms with Gasteiger partial charge in [0.25, 0.3) is 0 Å². The first-order chi connectivity index (χ1) is 16.3. The van der Waals surface area contributed by atoms with Gasteiger partial charge in [-0.05, 0) is 41.5 Å². The molecule has 4 heterocycles. The van der Waals surface area contributed by atoms with Crippen LogP contribution in [0.4, 0.5) is 18.9 Å². The number of fused-ring (bicyclic) bond motifs is 5. The Balaban J connectivity index is 1.50. The van der Waals surface area contributed by atoms with Crippen molar-refractivity contribution >= 4 is 17.3 Å². The van der Waals surface area contributed by atoms with Crippen LogP contribution in [-0.2, 0) is 22.9 Å². The average Bonchev–Trinajstić information content (AvgIpc) is 3.53. The van der Waals surface area contributed by atoms with E-state index in [1.807, 2.05) is 12.1 Å². The van der Waals surface area contributed by atoms with Crippen LogP contribution < -0.4 is 25.4 Å². The first-order valence-electron chi connectivity index (χ1n) is 10.5. The fraction of sp³-hybridized carbons (Fsp3) is 0.208. The lowest BCUT2D eigenvalue weighted by molar-refractivity contribution is -0.153. The third kappa shape index (κ3) is 2.74. The van der Waals surface area contributed by atoms with Crippen LogP contribution in [0, 0.1) is 0 Å². The van der Waals surface area contributed by atoms with Crippen LogP contribution in [0.3, 0.4) is 0 Å². The van der Waals surface area contributed by atoms with Gasteiger partial charge in [-0.1, -0.05) is 18.2 Å². The Morgan fingerprint density at radius 3 is 2.59 bits per heavy atom. The first-order valence-corrected chi connectivity index (χ1v) is 10.5. The second kappa shape index (κ2) is 6.96. The number of alkyl halides is 3. The molecule has 1 amide bonds. The molecule has 7 nitrogen and oxygen atoms in total. The molecular formula is C24H18F3N3O4. The number of hydrogen-bond acceptors (Lipinski definition) is 6. The predicted octanol–water partition coefficient (Wildman–Crippen LogP) is 3.72. The topological polar surface area (TPSA) is 90.0 Å². The van der Waals surface area contributed by atoms with Gasteiger partial charge in [-0.15, -0.1) is 0 Å². The van der Waals surface area contributed by atoms with Crippen molar-refractivity contribution in [1.82, 2.24) is 5.32 Å². The number of nitrogens with one attached hydrogen (secondary N) is 1. The van der Waals surface area contributed by atoms with E-state index < -0.39 is 17.4 Å². The fourth-order valence-electron chi connectivity index (χ4n) is 4.97. The summed E-state index contributed by atoms with van der Waals surface area (Å²) in [6, 6.07) is 12.9. The van der Waals surface area contributed by atoms with Crippen molar-refractivity contribution < 1.29 is 31.9 Å². The minimum Gasteiger partial charge on any atom is -0.455 e. The zero-order valence-electron chi connectivity index (χ0n) is 17.6. The molecule has 0 saturated heterocycles. The van der Waals surface area contributed by atoms with Gasteiger partial charge in [0.2, 0.25) is 18.5 Å². The molecular weight excluding hydrogens is 451 g/mol. The monoisotopic (exact) mass is 469 g/mol. The summed E-state index contributed by atoms with van der Waals surface area (Å²) >= 11 is 0. The highest BCUT2D eigenvalue weighted by Crippen LogP contribution is 2.52. The predicted molar refractivity (Wildman–Crippen MR) is 115 cm³/mol. The molecule has 10 heteroatoms. The highest BCUT2D eigenvalue weighted by Gasteiger charge is 2.55. The number of para-hydroxylation sites is 1. The van der Waals surface area contributed by atoms with E-state index >= 15 is 0 Å². The molecule has 1 aromatic heterocycles. The molecule has 0 radical (unpaired) electrons. The number of anilines is 1. The maximum absolute atomic E-state index is 14.1. The molecule has 3 aliphatic rings. The third-order valence-corrected chi connectivity index (χ3v) is 6.49. The van der Waals surface area contributed by atoms with Crippen LogP contribution in [0.15, 0.2) is 59.1 Å². The van der Waals surface area contributed by atoms with Crippen LogP contribution in [0.5, 0.6) is 11.5 Å². The number of carbonyl (C=O) groups is 1. The maximum atomic E-state index is 14.1. The summed E-state index contributed by atoms with van der Waals surface area (Å²) in [6.07, 6.45) is -3.18. The molecule has 0 saturated carbocycles. The summed E-state index contributed by atoms with van der Waals surface area (Å²) in [4.78, 5) is 15.6. The van der Waals surface area contributed by atoms with E-state index in [1.54, 1.807) is 24.3 Å². The number of ether oxygens (including phenoxy) is 2. The van der Waals surface area contributed by atoms with E-state index in [1.165, 1.54) is 17.2 Å². The Kier molecular flexibility index (Phi) is 4.20. The van der Waals surface area contributed by atoms with Crippen LogP contribution in [0.1, 0.15) is 28.2 Å². The highest BCUT2D eigenvalue weighted by molar-refractivity contribution is 6.12. The molecule has 2 aromatic carbocycles. The molecule has 1 unspecified atom stereocenters. The summed E-state index contributed by atoms with van der Waals surface area (Å²) in [5, 5.41) is 3.25. The molecule has 34 heavy (non-hydrogen) atoms. The minimum atomic E-state index is -4.61. The minimum absolute atomic E-state index is 0.0322. The van der Waals surface area contributed by atoms with Gasteiger partial charge in [-0.25, -0.2) is 0 Å². The zero-order chi connectivity index (χ0) is 23.7. The lowest BCUT2D eigenvalue weighted by atomic mass is 9.70. The number of furan rings is 1. The van der Waals surface area contributed by atoms with E-state index in [0.717, 1.165) is 11.6 Å². The van der Waals surface area contributed by atoms with E-state index in [2.05, 4.69) is 5.32 Å². The molecule has 1 atom stereocenters. The average molecular weight is 469 g/mol. The lowest BCUT2D eigenvalue weighted by Gasteiger charge is -2.37. The van der Waals surface area contributed by atoms with Crippen molar-refractivity contribution in [3.63, 3.8) is 0 Å². The zero-order valence-corrected chi connectivity index (χ0v) is 17.6. The summed E-state index contributed by atoms with van der Waals surface area (Å²) in [6.45, 7) is 0.130. The van der Waals surface area contributed by atoms with Gasteiger partial charge in [-0.2, -0.15) is 13.2 Å². The Hall–Kier alpha value is -4.08. The second-order valence-corrected chi connectivity index (χ2v) is 8.26. The third-order valence-electron chi connectivity index (χ3n) is 6.49. The number of carbonyl (C=O) groups excluding carboxylic acids is 1.